The van der Waals surface area contributed by atoms with Crippen LogP contribution in [0.25, 0.3) is 0 Å². The summed E-state index contributed by atoms with van der Waals surface area (Å²) in [6.07, 6.45) is 0.297. The number of rotatable bonds is 5. The molecular weight excluding hydrogens is 260 g/mol. The number of nitrogens with one attached hydrogen (secondary N) is 1. The third-order valence-corrected chi connectivity index (χ3v) is 3.60. The Balaban J connectivity index is 1.89. The lowest BCUT2D eigenvalue weighted by Gasteiger charge is -2.08. The average Bonchev–Trinajstić information content (AvgIpc) is 2.82. The number of carbonyl (C=O) groups is 1. The summed E-state index contributed by atoms with van der Waals surface area (Å²) >= 11 is 1.54. The molecule has 2 rings (SSSR count). The van der Waals surface area contributed by atoms with Gasteiger partial charge < -0.3 is 10.4 Å². The predicted molar refractivity (Wildman–Crippen MR) is 74.8 cm³/mol. The van der Waals surface area contributed by atoms with Crippen LogP contribution in [0.15, 0.2) is 29.6 Å². The van der Waals surface area contributed by atoms with Gasteiger partial charge in [0.1, 0.15) is 0 Å². The van der Waals surface area contributed by atoms with Gasteiger partial charge in [-0.15, -0.1) is 11.3 Å². The summed E-state index contributed by atoms with van der Waals surface area (Å²) in [6.45, 7) is 2.33. The third-order valence-electron chi connectivity index (χ3n) is 2.77. The van der Waals surface area contributed by atoms with Gasteiger partial charge in [0.15, 0.2) is 0 Å². The largest absolute Gasteiger partial charge is 0.392 e. The van der Waals surface area contributed by atoms with E-state index in [1.807, 2.05) is 36.6 Å². The Labute approximate surface area is 116 Å². The molecule has 0 aliphatic rings. The van der Waals surface area contributed by atoms with Gasteiger partial charge in [-0.05, 0) is 18.1 Å². The van der Waals surface area contributed by atoms with Crippen molar-refractivity contribution in [3.05, 3.63) is 51.5 Å². The van der Waals surface area contributed by atoms with Gasteiger partial charge in [-0.2, -0.15) is 0 Å². The summed E-state index contributed by atoms with van der Waals surface area (Å²) in [5.41, 5.74) is 2.58. The van der Waals surface area contributed by atoms with Gasteiger partial charge in [0.25, 0.3) is 0 Å². The molecule has 0 spiro atoms. The van der Waals surface area contributed by atoms with E-state index in [4.69, 9.17) is 0 Å². The molecule has 1 aromatic heterocycles. The molecule has 19 heavy (non-hydrogen) atoms. The standard InChI is InChI=1S/C14H16N2O2S/c1-10-16-13(9-19-10)6-14(18)15-7-11-4-2-3-5-12(11)8-17/h2-5,9,17H,6-8H2,1H3,(H,15,18). The van der Waals surface area contributed by atoms with E-state index < -0.39 is 0 Å². The van der Waals surface area contributed by atoms with Crippen molar-refractivity contribution in [1.29, 1.82) is 0 Å². The molecule has 0 unspecified atom stereocenters. The highest BCUT2D eigenvalue weighted by atomic mass is 32.1. The zero-order valence-corrected chi connectivity index (χ0v) is 11.5. The molecule has 1 amide bonds. The quantitative estimate of drug-likeness (QED) is 0.875. The van der Waals surface area contributed by atoms with Crippen LogP contribution < -0.4 is 5.32 Å². The molecule has 0 atom stereocenters. The summed E-state index contributed by atoms with van der Waals surface area (Å²) in [4.78, 5) is 16.0. The lowest BCUT2D eigenvalue weighted by molar-refractivity contribution is -0.120. The van der Waals surface area contributed by atoms with Crippen LogP contribution in [0.2, 0.25) is 0 Å². The number of aliphatic hydroxyl groups is 1. The first-order valence-electron chi connectivity index (χ1n) is 6.04. The SMILES string of the molecule is Cc1nc(CC(=O)NCc2ccccc2CO)cs1. The van der Waals surface area contributed by atoms with Crippen molar-refractivity contribution in [3.8, 4) is 0 Å². The van der Waals surface area contributed by atoms with Crippen molar-refractivity contribution in [3.63, 3.8) is 0 Å². The highest BCUT2D eigenvalue weighted by Gasteiger charge is 2.07. The van der Waals surface area contributed by atoms with Crippen LogP contribution >= 0.6 is 11.3 Å². The smallest absolute Gasteiger partial charge is 0.226 e. The number of nitrogens with zero attached hydrogens (tertiary/aromatic N) is 1. The Morgan fingerprint density at radius 2 is 2.11 bits per heavy atom. The van der Waals surface area contributed by atoms with Crippen molar-refractivity contribution in [2.45, 2.75) is 26.5 Å². The van der Waals surface area contributed by atoms with Crippen molar-refractivity contribution in [1.82, 2.24) is 10.3 Å². The second kappa shape index (κ2) is 6.45. The van der Waals surface area contributed by atoms with E-state index in [0.717, 1.165) is 21.8 Å². The minimum Gasteiger partial charge on any atom is -0.392 e. The highest BCUT2D eigenvalue weighted by molar-refractivity contribution is 7.09. The van der Waals surface area contributed by atoms with Gasteiger partial charge >= 0.3 is 0 Å². The number of aliphatic hydroxyl groups excluding tert-OH is 1. The number of aromatic nitrogens is 1. The van der Waals surface area contributed by atoms with Crippen LogP contribution in [-0.4, -0.2) is 16.0 Å². The van der Waals surface area contributed by atoms with E-state index in [2.05, 4.69) is 10.3 Å². The van der Waals surface area contributed by atoms with E-state index in [1.54, 1.807) is 11.3 Å². The summed E-state index contributed by atoms with van der Waals surface area (Å²) in [5, 5.41) is 14.9. The van der Waals surface area contributed by atoms with Gasteiger partial charge in [-0.25, -0.2) is 4.98 Å². The fraction of sp³-hybridized carbons (Fsp3) is 0.286. The first-order valence-corrected chi connectivity index (χ1v) is 6.92. The molecule has 1 heterocycles. The first-order chi connectivity index (χ1) is 9.19. The molecule has 0 aliphatic heterocycles. The molecule has 0 fully saturated rings. The van der Waals surface area contributed by atoms with Crippen LogP contribution in [0, 0.1) is 6.92 Å². The number of thiazole rings is 1. The minimum atomic E-state index is -0.0574. The van der Waals surface area contributed by atoms with E-state index in [1.165, 1.54) is 0 Å². The fourth-order valence-electron chi connectivity index (χ4n) is 1.79. The molecule has 0 saturated heterocycles. The lowest BCUT2D eigenvalue weighted by Crippen LogP contribution is -2.25. The second-order valence-corrected chi connectivity index (χ2v) is 5.30. The number of carbonyl (C=O) groups excluding carboxylic acids is 1. The molecular formula is C14H16N2O2S. The van der Waals surface area contributed by atoms with Gasteiger partial charge in [-0.1, -0.05) is 24.3 Å². The number of hydrogen-bond donors (Lipinski definition) is 2. The molecule has 2 N–H and O–H groups in total. The van der Waals surface area contributed by atoms with Gasteiger partial charge in [-0.3, -0.25) is 4.79 Å². The van der Waals surface area contributed by atoms with E-state index >= 15 is 0 Å². The zero-order chi connectivity index (χ0) is 13.7. The van der Waals surface area contributed by atoms with Gasteiger partial charge in [0.2, 0.25) is 5.91 Å². The highest BCUT2D eigenvalue weighted by Crippen LogP contribution is 2.10. The number of benzene rings is 1. The number of amides is 1. The summed E-state index contributed by atoms with van der Waals surface area (Å²) in [7, 11) is 0. The molecule has 100 valence electrons. The Bertz CT molecular complexity index is 566. The third kappa shape index (κ3) is 3.87. The molecule has 4 nitrogen and oxygen atoms in total. The monoisotopic (exact) mass is 276 g/mol. The first kappa shape index (κ1) is 13.7. The normalized spacial score (nSPS) is 10.4. The van der Waals surface area contributed by atoms with Gasteiger partial charge in [0.05, 0.1) is 23.7 Å². The lowest BCUT2D eigenvalue weighted by atomic mass is 10.1. The van der Waals surface area contributed by atoms with Crippen LogP contribution in [0.4, 0.5) is 0 Å². The Morgan fingerprint density at radius 1 is 1.37 bits per heavy atom. The van der Waals surface area contributed by atoms with E-state index in [9.17, 15) is 9.90 Å². The minimum absolute atomic E-state index is 0.0165. The molecule has 1 aromatic carbocycles. The van der Waals surface area contributed by atoms with Crippen LogP contribution in [0.1, 0.15) is 21.8 Å². The molecule has 0 bridgehead atoms. The van der Waals surface area contributed by atoms with E-state index in [0.29, 0.717) is 13.0 Å². The van der Waals surface area contributed by atoms with Crippen LogP contribution in [0.3, 0.4) is 0 Å². The van der Waals surface area contributed by atoms with Crippen molar-refractivity contribution >= 4 is 17.2 Å². The van der Waals surface area contributed by atoms with Gasteiger partial charge in [0, 0.05) is 11.9 Å². The Kier molecular flexibility index (Phi) is 4.65. The second-order valence-electron chi connectivity index (χ2n) is 4.24. The maximum atomic E-state index is 11.8. The predicted octanol–water partition coefficient (Wildman–Crippen LogP) is 1.80. The Hall–Kier alpha value is -1.72. The van der Waals surface area contributed by atoms with Crippen molar-refractivity contribution in [2.75, 3.05) is 0 Å². The molecule has 2 aromatic rings. The Morgan fingerprint density at radius 3 is 2.74 bits per heavy atom. The van der Waals surface area contributed by atoms with Crippen LogP contribution in [0.5, 0.6) is 0 Å². The van der Waals surface area contributed by atoms with E-state index in [-0.39, 0.29) is 12.5 Å². The number of aryl methyl sites for hydroxylation is 1. The van der Waals surface area contributed by atoms with Crippen molar-refractivity contribution < 1.29 is 9.90 Å². The number of hydrogen-bond acceptors (Lipinski definition) is 4. The molecule has 0 aliphatic carbocycles. The maximum absolute atomic E-state index is 11.8. The van der Waals surface area contributed by atoms with Crippen LogP contribution in [-0.2, 0) is 24.4 Å². The molecule has 0 saturated carbocycles. The summed E-state index contributed by atoms with van der Waals surface area (Å²) < 4.78 is 0. The topological polar surface area (TPSA) is 62.2 Å². The summed E-state index contributed by atoms with van der Waals surface area (Å²) in [5.74, 6) is -0.0574. The average molecular weight is 276 g/mol. The zero-order valence-electron chi connectivity index (χ0n) is 10.7. The van der Waals surface area contributed by atoms with Crippen molar-refractivity contribution in [2.24, 2.45) is 0 Å². The maximum Gasteiger partial charge on any atom is 0.226 e. The fourth-order valence-corrected chi connectivity index (χ4v) is 2.41. The summed E-state index contributed by atoms with van der Waals surface area (Å²) in [6, 6.07) is 7.52. The molecule has 0 radical (unpaired) electrons. The molecule has 5 heteroatoms.